The fraction of sp³-hybridized carbons (Fsp3) is 0.143. The molecule has 1 amide bonds. The number of hydrazine groups is 1. The van der Waals surface area contributed by atoms with Crippen LogP contribution in [0.2, 0.25) is 5.02 Å². The highest BCUT2D eigenvalue weighted by Gasteiger charge is 2.20. The zero-order valence-electron chi connectivity index (χ0n) is 10.6. The van der Waals surface area contributed by atoms with Gasteiger partial charge in [0.1, 0.15) is 5.03 Å². The number of benzene rings is 1. The van der Waals surface area contributed by atoms with Gasteiger partial charge in [-0.2, -0.15) is 0 Å². The zero-order valence-corrected chi connectivity index (χ0v) is 12.2. The van der Waals surface area contributed by atoms with E-state index in [1.807, 2.05) is 30.3 Å². The van der Waals surface area contributed by atoms with Crippen LogP contribution in [0.5, 0.6) is 0 Å². The fourth-order valence-electron chi connectivity index (χ4n) is 1.75. The molecule has 3 N–H and O–H groups in total. The Morgan fingerprint density at radius 1 is 1.30 bits per heavy atom. The number of thioether (sulfide) groups is 1. The number of carbonyl (C=O) groups is 1. The normalized spacial score (nSPS) is 11.9. The number of rotatable bonds is 5. The molecule has 6 heteroatoms. The lowest BCUT2D eigenvalue weighted by Crippen LogP contribution is -2.35. The van der Waals surface area contributed by atoms with E-state index in [9.17, 15) is 4.79 Å². The molecule has 0 spiro atoms. The second-order valence-corrected chi connectivity index (χ2v) is 5.49. The van der Waals surface area contributed by atoms with Crippen molar-refractivity contribution < 1.29 is 4.79 Å². The molecule has 1 heterocycles. The Morgan fingerprint density at radius 2 is 2.05 bits per heavy atom. The maximum absolute atomic E-state index is 11.9. The molecule has 0 aliphatic carbocycles. The van der Waals surface area contributed by atoms with E-state index in [0.29, 0.717) is 15.8 Å². The van der Waals surface area contributed by atoms with Gasteiger partial charge in [-0.15, -0.1) is 11.8 Å². The molecule has 20 heavy (non-hydrogen) atoms. The van der Waals surface area contributed by atoms with Crippen LogP contribution in [0, 0.1) is 0 Å². The van der Waals surface area contributed by atoms with Crippen LogP contribution in [0.25, 0.3) is 0 Å². The van der Waals surface area contributed by atoms with Crippen molar-refractivity contribution in [3.05, 3.63) is 59.2 Å². The Bertz CT molecular complexity index is 580. The average molecular weight is 308 g/mol. The lowest BCUT2D eigenvalue weighted by Gasteiger charge is -2.15. The van der Waals surface area contributed by atoms with Gasteiger partial charge >= 0.3 is 0 Å². The Balaban J connectivity index is 2.14. The highest BCUT2D eigenvalue weighted by molar-refractivity contribution is 7.99. The van der Waals surface area contributed by atoms with E-state index in [2.05, 4.69) is 10.4 Å². The summed E-state index contributed by atoms with van der Waals surface area (Å²) in [4.78, 5) is 16.1. The summed E-state index contributed by atoms with van der Waals surface area (Å²) in [6.07, 6.45) is 1.68. The molecule has 104 valence electrons. The van der Waals surface area contributed by atoms with Crippen LogP contribution in [-0.4, -0.2) is 16.6 Å². The lowest BCUT2D eigenvalue weighted by molar-refractivity contribution is -0.122. The lowest BCUT2D eigenvalue weighted by atomic mass is 10.0. The van der Waals surface area contributed by atoms with Crippen LogP contribution in [0.15, 0.2) is 53.7 Å². The van der Waals surface area contributed by atoms with Crippen LogP contribution in [0.4, 0.5) is 0 Å². The molecule has 1 unspecified atom stereocenters. The molecule has 0 aliphatic heterocycles. The quantitative estimate of drug-likeness (QED) is 0.385. The van der Waals surface area contributed by atoms with Crippen molar-refractivity contribution in [3.8, 4) is 0 Å². The molecule has 0 saturated carbocycles. The Morgan fingerprint density at radius 3 is 2.70 bits per heavy atom. The van der Waals surface area contributed by atoms with E-state index >= 15 is 0 Å². The SMILES string of the molecule is NNC(=O)C(CSc1ncccc1Cl)c1ccccc1. The highest BCUT2D eigenvalue weighted by Crippen LogP contribution is 2.29. The number of nitrogens with two attached hydrogens (primary N) is 1. The first-order valence-electron chi connectivity index (χ1n) is 6.01. The van der Waals surface area contributed by atoms with Gasteiger partial charge in [0, 0.05) is 11.9 Å². The minimum absolute atomic E-state index is 0.226. The summed E-state index contributed by atoms with van der Waals surface area (Å²) in [7, 11) is 0. The first-order valence-corrected chi connectivity index (χ1v) is 7.37. The molecular weight excluding hydrogens is 294 g/mol. The largest absolute Gasteiger partial charge is 0.294 e. The molecule has 2 aromatic rings. The second-order valence-electron chi connectivity index (χ2n) is 4.07. The molecule has 0 saturated heterocycles. The van der Waals surface area contributed by atoms with Gasteiger partial charge in [0.05, 0.1) is 10.9 Å². The zero-order chi connectivity index (χ0) is 14.4. The molecule has 1 aromatic carbocycles. The van der Waals surface area contributed by atoms with Crippen molar-refractivity contribution in [2.24, 2.45) is 5.84 Å². The number of nitrogens with zero attached hydrogens (tertiary/aromatic N) is 1. The van der Waals surface area contributed by atoms with E-state index in [-0.39, 0.29) is 11.8 Å². The van der Waals surface area contributed by atoms with Crippen LogP contribution >= 0.6 is 23.4 Å². The Hall–Kier alpha value is -1.56. The minimum atomic E-state index is -0.343. The van der Waals surface area contributed by atoms with E-state index in [1.54, 1.807) is 18.3 Å². The van der Waals surface area contributed by atoms with Gasteiger partial charge in [-0.1, -0.05) is 41.9 Å². The smallest absolute Gasteiger partial charge is 0.242 e. The minimum Gasteiger partial charge on any atom is -0.294 e. The Kier molecular flexibility index (Phi) is 5.40. The van der Waals surface area contributed by atoms with E-state index < -0.39 is 0 Å². The van der Waals surface area contributed by atoms with Crippen molar-refractivity contribution in [3.63, 3.8) is 0 Å². The molecule has 1 atom stereocenters. The maximum Gasteiger partial charge on any atom is 0.242 e. The summed E-state index contributed by atoms with van der Waals surface area (Å²) in [6.45, 7) is 0. The predicted molar refractivity (Wildman–Crippen MR) is 81.5 cm³/mol. The van der Waals surface area contributed by atoms with Crippen molar-refractivity contribution in [1.82, 2.24) is 10.4 Å². The molecule has 1 aromatic heterocycles. The number of amides is 1. The van der Waals surface area contributed by atoms with Crippen molar-refractivity contribution >= 4 is 29.3 Å². The molecule has 0 radical (unpaired) electrons. The van der Waals surface area contributed by atoms with Gasteiger partial charge in [-0.3, -0.25) is 10.2 Å². The van der Waals surface area contributed by atoms with Crippen molar-refractivity contribution in [1.29, 1.82) is 0 Å². The standard InChI is InChI=1S/C14H14ClN3OS/c15-12-7-4-8-17-14(12)20-9-11(13(19)18-16)10-5-2-1-3-6-10/h1-8,11H,9,16H2,(H,18,19). The second kappa shape index (κ2) is 7.28. The van der Waals surface area contributed by atoms with Gasteiger partial charge in [0.25, 0.3) is 0 Å². The van der Waals surface area contributed by atoms with Gasteiger partial charge in [0.2, 0.25) is 5.91 Å². The van der Waals surface area contributed by atoms with Gasteiger partial charge in [-0.25, -0.2) is 10.8 Å². The summed E-state index contributed by atoms with van der Waals surface area (Å²) < 4.78 is 0. The van der Waals surface area contributed by atoms with E-state index in [0.717, 1.165) is 5.56 Å². The summed E-state index contributed by atoms with van der Waals surface area (Å²) >= 11 is 7.49. The highest BCUT2D eigenvalue weighted by atomic mass is 35.5. The third kappa shape index (κ3) is 3.72. The summed E-state index contributed by atoms with van der Waals surface area (Å²) in [5.74, 6) is 5.21. The number of halogens is 1. The number of carbonyl (C=O) groups excluding carboxylic acids is 1. The molecule has 2 rings (SSSR count). The van der Waals surface area contributed by atoms with Crippen LogP contribution in [-0.2, 0) is 4.79 Å². The number of aromatic nitrogens is 1. The molecule has 0 fully saturated rings. The Labute approximate surface area is 126 Å². The summed E-state index contributed by atoms with van der Waals surface area (Å²) in [5.41, 5.74) is 3.12. The van der Waals surface area contributed by atoms with E-state index in [4.69, 9.17) is 17.4 Å². The molecular formula is C14H14ClN3OS. The number of hydrogen-bond acceptors (Lipinski definition) is 4. The van der Waals surface area contributed by atoms with Crippen molar-refractivity contribution in [2.75, 3.05) is 5.75 Å². The monoisotopic (exact) mass is 307 g/mol. The van der Waals surface area contributed by atoms with Gasteiger partial charge < -0.3 is 0 Å². The van der Waals surface area contributed by atoms with Gasteiger partial charge in [-0.05, 0) is 17.7 Å². The van der Waals surface area contributed by atoms with Crippen LogP contribution in [0.1, 0.15) is 11.5 Å². The third-order valence-electron chi connectivity index (χ3n) is 2.77. The molecule has 0 aliphatic rings. The van der Waals surface area contributed by atoms with Crippen LogP contribution in [0.3, 0.4) is 0 Å². The fourth-order valence-corrected chi connectivity index (χ4v) is 3.04. The summed E-state index contributed by atoms with van der Waals surface area (Å²) in [5, 5.41) is 1.29. The molecule has 0 bridgehead atoms. The predicted octanol–water partition coefficient (Wildman–Crippen LogP) is 2.60. The summed E-state index contributed by atoms with van der Waals surface area (Å²) in [6, 6.07) is 13.0. The number of nitrogens with one attached hydrogen (secondary N) is 1. The van der Waals surface area contributed by atoms with Crippen LogP contribution < -0.4 is 11.3 Å². The topological polar surface area (TPSA) is 68.0 Å². The average Bonchev–Trinajstić information content (AvgIpc) is 2.50. The maximum atomic E-state index is 11.9. The first-order chi connectivity index (χ1) is 9.72. The van der Waals surface area contributed by atoms with E-state index in [1.165, 1.54) is 11.8 Å². The number of hydrogen-bond donors (Lipinski definition) is 2. The van der Waals surface area contributed by atoms with Gasteiger partial charge in [0.15, 0.2) is 0 Å². The molecule has 4 nitrogen and oxygen atoms in total. The first kappa shape index (κ1) is 14.8. The van der Waals surface area contributed by atoms with Crippen molar-refractivity contribution in [2.45, 2.75) is 10.9 Å². The number of pyridine rings is 1. The third-order valence-corrected chi connectivity index (χ3v) is 4.29.